The molecular formula is C13H13NO2. The number of fused-ring (bicyclic) bond motifs is 1. The Balaban J connectivity index is 2.31. The van der Waals surface area contributed by atoms with Crippen molar-refractivity contribution in [2.24, 2.45) is 7.05 Å². The molecule has 1 fully saturated rings. The SMILES string of the molecule is Cn1c(C2CC2)cc2c(C(=O)O)cccc21. The normalized spacial score (nSPS) is 15.6. The summed E-state index contributed by atoms with van der Waals surface area (Å²) in [4.78, 5) is 11.1. The van der Waals surface area contributed by atoms with E-state index in [1.165, 1.54) is 18.5 Å². The summed E-state index contributed by atoms with van der Waals surface area (Å²) >= 11 is 0. The Labute approximate surface area is 93.3 Å². The van der Waals surface area contributed by atoms with Crippen LogP contribution in [-0.4, -0.2) is 15.6 Å². The number of nitrogens with zero attached hydrogens (tertiary/aromatic N) is 1. The standard InChI is InChI=1S/C13H13NO2/c1-14-11-4-2-3-9(13(15)16)10(11)7-12(14)8-5-6-8/h2-4,7-8H,5-6H2,1H3,(H,15,16). The fraction of sp³-hybridized carbons (Fsp3) is 0.308. The molecule has 1 aliphatic carbocycles. The Morgan fingerprint density at radius 1 is 1.44 bits per heavy atom. The van der Waals surface area contributed by atoms with Crippen molar-refractivity contribution in [1.29, 1.82) is 0 Å². The summed E-state index contributed by atoms with van der Waals surface area (Å²) in [7, 11) is 2.02. The predicted molar refractivity (Wildman–Crippen MR) is 61.9 cm³/mol. The molecular weight excluding hydrogens is 202 g/mol. The second-order valence-corrected chi connectivity index (χ2v) is 4.45. The fourth-order valence-corrected chi connectivity index (χ4v) is 2.34. The van der Waals surface area contributed by atoms with E-state index in [2.05, 4.69) is 4.57 Å². The molecule has 0 aliphatic heterocycles. The van der Waals surface area contributed by atoms with Crippen molar-refractivity contribution in [2.45, 2.75) is 18.8 Å². The first kappa shape index (κ1) is 9.46. The van der Waals surface area contributed by atoms with E-state index in [0.29, 0.717) is 11.5 Å². The first-order valence-corrected chi connectivity index (χ1v) is 5.50. The molecule has 1 N–H and O–H groups in total. The van der Waals surface area contributed by atoms with E-state index in [-0.39, 0.29) is 0 Å². The van der Waals surface area contributed by atoms with Crippen molar-refractivity contribution in [3.63, 3.8) is 0 Å². The zero-order valence-corrected chi connectivity index (χ0v) is 9.10. The van der Waals surface area contributed by atoms with Crippen molar-refractivity contribution >= 4 is 16.9 Å². The lowest BCUT2D eigenvalue weighted by atomic mass is 10.1. The Bertz CT molecular complexity index is 579. The van der Waals surface area contributed by atoms with E-state index in [9.17, 15) is 4.79 Å². The number of carboxylic acid groups (broad SMARTS) is 1. The average Bonchev–Trinajstić information content (AvgIpc) is 3.04. The van der Waals surface area contributed by atoms with E-state index in [4.69, 9.17) is 5.11 Å². The second kappa shape index (κ2) is 3.11. The molecule has 1 aromatic heterocycles. The van der Waals surface area contributed by atoms with Crippen molar-refractivity contribution in [3.8, 4) is 0 Å². The van der Waals surface area contributed by atoms with Gasteiger partial charge >= 0.3 is 5.97 Å². The third-order valence-electron chi connectivity index (χ3n) is 3.35. The molecule has 1 aromatic carbocycles. The highest BCUT2D eigenvalue weighted by molar-refractivity contribution is 6.03. The van der Waals surface area contributed by atoms with Gasteiger partial charge in [0.1, 0.15) is 0 Å². The van der Waals surface area contributed by atoms with E-state index < -0.39 is 5.97 Å². The van der Waals surface area contributed by atoms with Crippen molar-refractivity contribution in [1.82, 2.24) is 4.57 Å². The van der Waals surface area contributed by atoms with Gasteiger partial charge in [0.15, 0.2) is 0 Å². The minimum absolute atomic E-state index is 0.403. The lowest BCUT2D eigenvalue weighted by Crippen LogP contribution is -1.97. The molecule has 3 heteroatoms. The summed E-state index contributed by atoms with van der Waals surface area (Å²) in [6.45, 7) is 0. The maximum Gasteiger partial charge on any atom is 0.336 e. The topological polar surface area (TPSA) is 42.2 Å². The first-order chi connectivity index (χ1) is 7.68. The molecule has 0 amide bonds. The third kappa shape index (κ3) is 1.24. The largest absolute Gasteiger partial charge is 0.478 e. The number of aryl methyl sites for hydroxylation is 1. The number of rotatable bonds is 2. The summed E-state index contributed by atoms with van der Waals surface area (Å²) in [6, 6.07) is 7.49. The van der Waals surface area contributed by atoms with Crippen LogP contribution >= 0.6 is 0 Å². The van der Waals surface area contributed by atoms with E-state index >= 15 is 0 Å². The van der Waals surface area contributed by atoms with E-state index in [1.54, 1.807) is 6.07 Å². The van der Waals surface area contributed by atoms with Gasteiger partial charge in [0.2, 0.25) is 0 Å². The van der Waals surface area contributed by atoms with Gasteiger partial charge < -0.3 is 9.67 Å². The Kier molecular flexibility index (Phi) is 1.84. The highest BCUT2D eigenvalue weighted by atomic mass is 16.4. The lowest BCUT2D eigenvalue weighted by Gasteiger charge is -2.01. The number of benzene rings is 1. The summed E-state index contributed by atoms with van der Waals surface area (Å²) in [5.74, 6) is -0.211. The molecule has 1 aliphatic rings. The summed E-state index contributed by atoms with van der Waals surface area (Å²) in [5, 5.41) is 9.99. The molecule has 0 saturated heterocycles. The zero-order chi connectivity index (χ0) is 11.3. The summed E-state index contributed by atoms with van der Waals surface area (Å²) in [5.41, 5.74) is 2.69. The molecule has 16 heavy (non-hydrogen) atoms. The van der Waals surface area contributed by atoms with Gasteiger partial charge in [-0.3, -0.25) is 0 Å². The molecule has 0 unspecified atom stereocenters. The van der Waals surface area contributed by atoms with E-state index in [0.717, 1.165) is 10.9 Å². The first-order valence-electron chi connectivity index (χ1n) is 5.50. The lowest BCUT2D eigenvalue weighted by molar-refractivity contribution is 0.0699. The van der Waals surface area contributed by atoms with Crippen molar-refractivity contribution in [3.05, 3.63) is 35.5 Å². The highest BCUT2D eigenvalue weighted by Gasteiger charge is 2.27. The number of carbonyl (C=O) groups is 1. The summed E-state index contributed by atoms with van der Waals surface area (Å²) < 4.78 is 2.12. The molecule has 1 saturated carbocycles. The van der Waals surface area contributed by atoms with Gasteiger partial charge in [-0.15, -0.1) is 0 Å². The van der Waals surface area contributed by atoms with Crippen molar-refractivity contribution < 1.29 is 9.90 Å². The zero-order valence-electron chi connectivity index (χ0n) is 9.10. The quantitative estimate of drug-likeness (QED) is 0.836. The minimum atomic E-state index is -0.849. The fourth-order valence-electron chi connectivity index (χ4n) is 2.34. The van der Waals surface area contributed by atoms with Crippen LogP contribution < -0.4 is 0 Å². The van der Waals surface area contributed by atoms with Crippen LogP contribution in [0.3, 0.4) is 0 Å². The number of aromatic carboxylic acids is 1. The smallest absolute Gasteiger partial charge is 0.336 e. The van der Waals surface area contributed by atoms with Gasteiger partial charge in [0, 0.05) is 23.6 Å². The molecule has 82 valence electrons. The highest BCUT2D eigenvalue weighted by Crippen LogP contribution is 2.42. The van der Waals surface area contributed by atoms with Gasteiger partial charge in [0.05, 0.1) is 5.56 Å². The van der Waals surface area contributed by atoms with Gasteiger partial charge in [-0.1, -0.05) is 6.07 Å². The molecule has 1 heterocycles. The van der Waals surface area contributed by atoms with Gasteiger partial charge in [-0.05, 0) is 37.0 Å². The number of hydrogen-bond donors (Lipinski definition) is 1. The van der Waals surface area contributed by atoms with Crippen LogP contribution in [0.15, 0.2) is 24.3 Å². The van der Waals surface area contributed by atoms with Crippen molar-refractivity contribution in [2.75, 3.05) is 0 Å². The average molecular weight is 215 g/mol. The van der Waals surface area contributed by atoms with Crippen LogP contribution in [0.5, 0.6) is 0 Å². The third-order valence-corrected chi connectivity index (χ3v) is 3.35. The van der Waals surface area contributed by atoms with E-state index in [1.807, 2.05) is 25.2 Å². The van der Waals surface area contributed by atoms with Gasteiger partial charge in [-0.2, -0.15) is 0 Å². The van der Waals surface area contributed by atoms with Crippen LogP contribution in [0.1, 0.15) is 34.8 Å². The molecule has 3 rings (SSSR count). The molecule has 0 spiro atoms. The molecule has 0 atom stereocenters. The van der Waals surface area contributed by atoms with Crippen LogP contribution in [0.4, 0.5) is 0 Å². The molecule has 0 radical (unpaired) electrons. The van der Waals surface area contributed by atoms with Gasteiger partial charge in [0.25, 0.3) is 0 Å². The second-order valence-electron chi connectivity index (χ2n) is 4.45. The van der Waals surface area contributed by atoms with Crippen LogP contribution in [0.25, 0.3) is 10.9 Å². The monoisotopic (exact) mass is 215 g/mol. The Morgan fingerprint density at radius 2 is 2.19 bits per heavy atom. The minimum Gasteiger partial charge on any atom is -0.478 e. The summed E-state index contributed by atoms with van der Waals surface area (Å²) in [6.07, 6.45) is 2.46. The maximum absolute atomic E-state index is 11.1. The van der Waals surface area contributed by atoms with Crippen LogP contribution in [0, 0.1) is 0 Å². The number of carboxylic acids is 1. The maximum atomic E-state index is 11.1. The molecule has 3 nitrogen and oxygen atoms in total. The van der Waals surface area contributed by atoms with Crippen LogP contribution in [0.2, 0.25) is 0 Å². The Hall–Kier alpha value is -1.77. The number of aromatic nitrogens is 1. The number of hydrogen-bond acceptors (Lipinski definition) is 1. The molecule has 0 bridgehead atoms. The van der Waals surface area contributed by atoms with Gasteiger partial charge in [-0.25, -0.2) is 4.79 Å². The predicted octanol–water partition coefficient (Wildman–Crippen LogP) is 2.75. The van der Waals surface area contributed by atoms with Crippen LogP contribution in [-0.2, 0) is 7.05 Å². The molecule has 2 aromatic rings. The Morgan fingerprint density at radius 3 is 2.81 bits per heavy atom.